The Morgan fingerprint density at radius 3 is 2.80 bits per heavy atom. The van der Waals surface area contributed by atoms with Crippen LogP contribution < -0.4 is 5.73 Å². The number of nitrogen functional groups attached to an aromatic ring is 1. The molecule has 4 N–H and O–H groups in total. The number of fused-ring (bicyclic) bond motifs is 2. The van der Waals surface area contributed by atoms with Crippen LogP contribution in [0.15, 0.2) is 49.2 Å². The predicted octanol–water partition coefficient (Wildman–Crippen LogP) is 2.54. The molecule has 8 heteroatoms. The van der Waals surface area contributed by atoms with Crippen molar-refractivity contribution in [3.8, 4) is 22.8 Å². The third kappa shape index (κ3) is 2.19. The van der Waals surface area contributed by atoms with Gasteiger partial charge in [-0.15, -0.1) is 0 Å². The van der Waals surface area contributed by atoms with E-state index >= 15 is 0 Å². The second-order valence-corrected chi connectivity index (χ2v) is 5.67. The standard InChI is InChI=1S/C17H12N8/c18-10-3-9(5-20-6-10)13-4-11-14(8-21-13)24-25-16(11)17-22-12-1-2-19-7-15(12)23-17/h1-8H,18H2,(H,22,23)(H,24,25). The monoisotopic (exact) mass is 328 g/mol. The molecule has 5 aromatic heterocycles. The normalized spacial score (nSPS) is 11.4. The highest BCUT2D eigenvalue weighted by Gasteiger charge is 2.14. The van der Waals surface area contributed by atoms with Crippen LogP contribution in [0.5, 0.6) is 0 Å². The molecule has 0 amide bonds. The van der Waals surface area contributed by atoms with E-state index in [1.807, 2.05) is 18.2 Å². The van der Waals surface area contributed by atoms with E-state index in [2.05, 4.69) is 35.1 Å². The second kappa shape index (κ2) is 5.10. The fourth-order valence-corrected chi connectivity index (χ4v) is 2.82. The van der Waals surface area contributed by atoms with Gasteiger partial charge in [-0.1, -0.05) is 0 Å². The van der Waals surface area contributed by atoms with Crippen molar-refractivity contribution >= 4 is 27.6 Å². The van der Waals surface area contributed by atoms with Crippen LogP contribution >= 0.6 is 0 Å². The number of pyridine rings is 3. The zero-order valence-corrected chi connectivity index (χ0v) is 12.9. The molecule has 5 rings (SSSR count). The number of aromatic nitrogens is 7. The van der Waals surface area contributed by atoms with Crippen molar-refractivity contribution in [1.29, 1.82) is 0 Å². The highest BCUT2D eigenvalue weighted by molar-refractivity contribution is 5.94. The quantitative estimate of drug-likeness (QED) is 0.458. The summed E-state index contributed by atoms with van der Waals surface area (Å²) >= 11 is 0. The van der Waals surface area contributed by atoms with Gasteiger partial charge in [0.25, 0.3) is 0 Å². The Bertz CT molecular complexity index is 1190. The average molecular weight is 328 g/mol. The van der Waals surface area contributed by atoms with E-state index in [0.717, 1.165) is 38.9 Å². The first-order valence-corrected chi connectivity index (χ1v) is 7.63. The third-order valence-electron chi connectivity index (χ3n) is 4.01. The van der Waals surface area contributed by atoms with Gasteiger partial charge < -0.3 is 10.7 Å². The number of H-pyrrole nitrogens is 2. The Morgan fingerprint density at radius 1 is 0.960 bits per heavy atom. The molecule has 120 valence electrons. The summed E-state index contributed by atoms with van der Waals surface area (Å²) in [7, 11) is 0. The smallest absolute Gasteiger partial charge is 0.159 e. The molecular formula is C17H12N8. The third-order valence-corrected chi connectivity index (χ3v) is 4.01. The summed E-state index contributed by atoms with van der Waals surface area (Å²) in [5.41, 5.74) is 11.3. The van der Waals surface area contributed by atoms with Crippen molar-refractivity contribution < 1.29 is 0 Å². The molecule has 0 atom stereocenters. The van der Waals surface area contributed by atoms with E-state index in [0.29, 0.717) is 11.5 Å². The largest absolute Gasteiger partial charge is 0.397 e. The molecule has 0 aliphatic carbocycles. The topological polar surface area (TPSA) is 122 Å². The lowest BCUT2D eigenvalue weighted by Gasteiger charge is -2.02. The summed E-state index contributed by atoms with van der Waals surface area (Å²) < 4.78 is 0. The van der Waals surface area contributed by atoms with E-state index in [1.165, 1.54) is 0 Å². The van der Waals surface area contributed by atoms with Crippen molar-refractivity contribution in [3.05, 3.63) is 49.2 Å². The van der Waals surface area contributed by atoms with Crippen LogP contribution in [0.3, 0.4) is 0 Å². The lowest BCUT2D eigenvalue weighted by molar-refractivity contribution is 1.10. The maximum absolute atomic E-state index is 5.82. The van der Waals surface area contributed by atoms with E-state index in [4.69, 9.17) is 5.73 Å². The van der Waals surface area contributed by atoms with Gasteiger partial charge in [0.05, 0.1) is 40.3 Å². The number of nitrogens with one attached hydrogen (secondary N) is 2. The first-order chi connectivity index (χ1) is 12.3. The van der Waals surface area contributed by atoms with Crippen LogP contribution in [0.25, 0.3) is 44.7 Å². The summed E-state index contributed by atoms with van der Waals surface area (Å²) in [6.07, 6.45) is 8.54. The highest BCUT2D eigenvalue weighted by atomic mass is 15.1. The van der Waals surface area contributed by atoms with Gasteiger partial charge in [-0.05, 0) is 18.2 Å². The molecule has 5 heterocycles. The maximum Gasteiger partial charge on any atom is 0.159 e. The molecule has 0 fully saturated rings. The van der Waals surface area contributed by atoms with Crippen LogP contribution in [0.1, 0.15) is 0 Å². The molecule has 0 unspecified atom stereocenters. The Morgan fingerprint density at radius 2 is 1.92 bits per heavy atom. The Labute approximate surface area is 141 Å². The van der Waals surface area contributed by atoms with E-state index in [-0.39, 0.29) is 0 Å². The SMILES string of the molecule is Nc1cncc(-c2cc3c(-c4nc5ccncc5[nH]4)n[nH]c3cn2)c1. The first-order valence-electron chi connectivity index (χ1n) is 7.63. The van der Waals surface area contributed by atoms with Gasteiger partial charge >= 0.3 is 0 Å². The second-order valence-electron chi connectivity index (χ2n) is 5.67. The van der Waals surface area contributed by atoms with E-state index in [9.17, 15) is 0 Å². The lowest BCUT2D eigenvalue weighted by Crippen LogP contribution is -1.90. The molecule has 25 heavy (non-hydrogen) atoms. The maximum atomic E-state index is 5.82. The molecule has 0 bridgehead atoms. The predicted molar refractivity (Wildman–Crippen MR) is 94.4 cm³/mol. The highest BCUT2D eigenvalue weighted by Crippen LogP contribution is 2.28. The number of imidazole rings is 1. The summed E-state index contributed by atoms with van der Waals surface area (Å²) in [6, 6.07) is 5.65. The van der Waals surface area contributed by atoms with Gasteiger partial charge in [-0.25, -0.2) is 4.98 Å². The van der Waals surface area contributed by atoms with Gasteiger partial charge in [-0.2, -0.15) is 5.10 Å². The van der Waals surface area contributed by atoms with Crippen LogP contribution in [-0.2, 0) is 0 Å². The number of anilines is 1. The summed E-state index contributed by atoms with van der Waals surface area (Å²) in [6.45, 7) is 0. The summed E-state index contributed by atoms with van der Waals surface area (Å²) in [5.74, 6) is 0.678. The molecule has 0 spiro atoms. The Kier molecular flexibility index (Phi) is 2.78. The fraction of sp³-hybridized carbons (Fsp3) is 0. The molecule has 5 aromatic rings. The number of nitrogens with two attached hydrogens (primary N) is 1. The van der Waals surface area contributed by atoms with Crippen LogP contribution in [0.2, 0.25) is 0 Å². The van der Waals surface area contributed by atoms with Gasteiger partial charge in [0.15, 0.2) is 5.82 Å². The van der Waals surface area contributed by atoms with Gasteiger partial charge in [-0.3, -0.25) is 20.1 Å². The van der Waals surface area contributed by atoms with Gasteiger partial charge in [0.1, 0.15) is 5.69 Å². The van der Waals surface area contributed by atoms with Gasteiger partial charge in [0.2, 0.25) is 0 Å². The van der Waals surface area contributed by atoms with Crippen molar-refractivity contribution in [2.75, 3.05) is 5.73 Å². The van der Waals surface area contributed by atoms with Crippen LogP contribution in [0, 0.1) is 0 Å². The minimum atomic E-state index is 0.594. The summed E-state index contributed by atoms with van der Waals surface area (Å²) in [4.78, 5) is 20.5. The molecule has 0 aliphatic rings. The summed E-state index contributed by atoms with van der Waals surface area (Å²) in [5, 5.41) is 8.30. The number of rotatable bonds is 2. The molecule has 0 saturated carbocycles. The molecule has 8 nitrogen and oxygen atoms in total. The van der Waals surface area contributed by atoms with Crippen molar-refractivity contribution in [1.82, 2.24) is 35.1 Å². The zero-order valence-electron chi connectivity index (χ0n) is 12.9. The molecular weight excluding hydrogens is 316 g/mol. The minimum absolute atomic E-state index is 0.594. The first kappa shape index (κ1) is 13.6. The number of nitrogens with zero attached hydrogens (tertiary/aromatic N) is 5. The van der Waals surface area contributed by atoms with E-state index < -0.39 is 0 Å². The minimum Gasteiger partial charge on any atom is -0.397 e. The van der Waals surface area contributed by atoms with Crippen molar-refractivity contribution in [3.63, 3.8) is 0 Å². The fourth-order valence-electron chi connectivity index (χ4n) is 2.82. The molecule has 0 aliphatic heterocycles. The average Bonchev–Trinajstić information content (AvgIpc) is 3.24. The number of hydrogen-bond acceptors (Lipinski definition) is 6. The zero-order chi connectivity index (χ0) is 16.8. The van der Waals surface area contributed by atoms with Crippen molar-refractivity contribution in [2.24, 2.45) is 0 Å². The van der Waals surface area contributed by atoms with Crippen molar-refractivity contribution in [2.45, 2.75) is 0 Å². The molecule has 0 aromatic carbocycles. The van der Waals surface area contributed by atoms with Gasteiger partial charge in [0, 0.05) is 29.5 Å². The Hall–Kier alpha value is -3.81. The number of aromatic amines is 2. The van der Waals surface area contributed by atoms with Crippen LogP contribution in [-0.4, -0.2) is 35.1 Å². The molecule has 0 radical (unpaired) electrons. The van der Waals surface area contributed by atoms with Crippen LogP contribution in [0.4, 0.5) is 5.69 Å². The number of hydrogen-bond donors (Lipinski definition) is 3. The molecule has 0 saturated heterocycles. The Balaban J connectivity index is 1.70. The lowest BCUT2D eigenvalue weighted by atomic mass is 10.1. The van der Waals surface area contributed by atoms with E-state index in [1.54, 1.807) is 31.0 Å².